The first-order valence-electron chi connectivity index (χ1n) is 27.5. The van der Waals surface area contributed by atoms with Gasteiger partial charge in [0.15, 0.2) is 34.3 Å². The number of nitrogens with two attached hydrogens (primary N) is 1. The number of anilines is 1. The molecule has 11 rings (SSSR count). The Labute approximate surface area is 480 Å². The molecule has 3 fully saturated rings. The molecule has 0 spiro atoms. The highest BCUT2D eigenvalue weighted by molar-refractivity contribution is 8.76. The molecule has 23 nitrogen and oxygen atoms in total. The first kappa shape index (κ1) is 58.1. The zero-order valence-corrected chi connectivity index (χ0v) is 46.5. The zero-order chi connectivity index (χ0) is 57.5. The molecule has 1 aliphatic carbocycles. The molecular weight excluding hydrogens is 1100 g/mol. The lowest BCUT2D eigenvalue weighted by Gasteiger charge is -2.54. The van der Waals surface area contributed by atoms with Gasteiger partial charge >= 0.3 is 0 Å². The Balaban J connectivity index is 1.15. The molecule has 3 aromatic rings. The third-order valence-electron chi connectivity index (χ3n) is 16.4. The Bertz CT molecular complexity index is 3090. The Hall–Kier alpha value is -5.64. The number of allylic oxidation sites excluding steroid dienone is 1. The van der Waals surface area contributed by atoms with Crippen LogP contribution in [0.25, 0.3) is 0 Å². The summed E-state index contributed by atoms with van der Waals surface area (Å²) in [6.45, 7) is 0.991. The first-order valence-corrected chi connectivity index (χ1v) is 30.0. The number of benzene rings is 3. The summed E-state index contributed by atoms with van der Waals surface area (Å²) in [5.41, 5.74) is 10.2. The summed E-state index contributed by atoms with van der Waals surface area (Å²) in [5.74, 6) is 2.54. The van der Waals surface area contributed by atoms with Crippen LogP contribution in [0, 0.1) is 23.7 Å². The lowest BCUT2D eigenvalue weighted by Crippen LogP contribution is -2.75. The molecule has 0 radical (unpaired) electrons. The molecule has 0 aromatic heterocycles. The van der Waals surface area contributed by atoms with Crippen molar-refractivity contribution in [2.75, 3.05) is 62.6 Å². The Morgan fingerprint density at radius 2 is 1.88 bits per heavy atom. The van der Waals surface area contributed by atoms with Gasteiger partial charge in [0.25, 0.3) is 0 Å². The molecule has 8 aliphatic rings. The maximum absolute atomic E-state index is 15.4. The number of nitrogens with one attached hydrogen (secondary N) is 6. The fourth-order valence-corrected chi connectivity index (χ4v) is 14.8. The molecule has 25 heteroatoms. The molecule has 438 valence electrons. The van der Waals surface area contributed by atoms with E-state index in [1.54, 1.807) is 19.1 Å². The number of ether oxygens (including phenoxy) is 5. The minimum atomic E-state index is -2.43. The van der Waals surface area contributed by atoms with Gasteiger partial charge in [0, 0.05) is 64.9 Å². The largest absolute Gasteiger partial charge is 0.486 e. The van der Waals surface area contributed by atoms with Gasteiger partial charge in [-0.1, -0.05) is 63.8 Å². The summed E-state index contributed by atoms with van der Waals surface area (Å²) in [6, 6.07) is 12.8. The minimum Gasteiger partial charge on any atom is -0.486 e. The van der Waals surface area contributed by atoms with Crippen LogP contribution in [-0.2, 0) is 30.4 Å². The minimum absolute atomic E-state index is 0.0386. The van der Waals surface area contributed by atoms with E-state index >= 15 is 9.59 Å². The van der Waals surface area contributed by atoms with Gasteiger partial charge in [-0.05, 0) is 79.1 Å². The predicted molar refractivity (Wildman–Crippen MR) is 300 cm³/mol. The lowest BCUT2D eigenvalue weighted by molar-refractivity contribution is -0.342. The molecule has 3 saturated heterocycles. The lowest BCUT2D eigenvalue weighted by atomic mass is 9.74. The van der Waals surface area contributed by atoms with Crippen molar-refractivity contribution in [2.24, 2.45) is 17.6 Å². The summed E-state index contributed by atoms with van der Waals surface area (Å²) >= 11 is 0. The highest BCUT2D eigenvalue weighted by atomic mass is 33.1. The quantitative estimate of drug-likeness (QED) is 0.0289. The van der Waals surface area contributed by atoms with E-state index < -0.39 is 109 Å². The Morgan fingerprint density at radius 1 is 1.04 bits per heavy atom. The van der Waals surface area contributed by atoms with Crippen LogP contribution in [0.15, 0.2) is 72.1 Å². The number of aldehydes is 1. The summed E-state index contributed by atoms with van der Waals surface area (Å²) in [7, 11) is 2.67. The van der Waals surface area contributed by atoms with Gasteiger partial charge in [0.2, 0.25) is 12.2 Å². The van der Waals surface area contributed by atoms with Gasteiger partial charge in [-0.2, -0.15) is 0 Å². The highest BCUT2D eigenvalue weighted by Crippen LogP contribution is 2.54. The van der Waals surface area contributed by atoms with E-state index in [2.05, 4.69) is 44.0 Å². The van der Waals surface area contributed by atoms with Crippen LogP contribution in [0.5, 0.6) is 11.5 Å². The van der Waals surface area contributed by atoms with E-state index in [1.165, 1.54) is 33.7 Å². The number of dihydropyridines is 1. The summed E-state index contributed by atoms with van der Waals surface area (Å²) in [6.07, 6.45) is -5.15. The van der Waals surface area contributed by atoms with Crippen LogP contribution >= 0.6 is 21.6 Å². The topological polar surface area (TPSA) is 337 Å². The van der Waals surface area contributed by atoms with Crippen molar-refractivity contribution in [1.82, 2.24) is 32.1 Å². The maximum Gasteiger partial charge on any atom is 0.242 e. The van der Waals surface area contributed by atoms with E-state index in [1.807, 2.05) is 41.3 Å². The zero-order valence-electron chi connectivity index (χ0n) is 44.9. The molecule has 7 heterocycles. The van der Waals surface area contributed by atoms with Crippen molar-refractivity contribution in [1.29, 1.82) is 0 Å². The summed E-state index contributed by atoms with van der Waals surface area (Å²) < 4.78 is 34.8. The number of hydrogen-bond donors (Lipinski definition) is 13. The van der Waals surface area contributed by atoms with Gasteiger partial charge in [0.1, 0.15) is 49.4 Å². The number of amides is 1. The average Bonchev–Trinajstić information content (AvgIpc) is 1.27. The molecular formula is C57H68N8O15S2. The number of hydrazine groups is 1. The number of hydrogen-bond acceptors (Lipinski definition) is 24. The second-order valence-corrected chi connectivity index (χ2v) is 24.4. The summed E-state index contributed by atoms with van der Waals surface area (Å²) in [5, 5.41) is 82.7. The van der Waals surface area contributed by atoms with Gasteiger partial charge in [0.05, 0.1) is 62.9 Å². The highest BCUT2D eigenvalue weighted by Gasteiger charge is 2.66. The fourth-order valence-electron chi connectivity index (χ4n) is 12.1. The number of nitrogens with zero attached hydrogens (tertiary/aromatic N) is 1. The second-order valence-electron chi connectivity index (χ2n) is 21.8. The van der Waals surface area contributed by atoms with Crippen molar-refractivity contribution in [3.8, 4) is 23.3 Å². The van der Waals surface area contributed by atoms with Crippen LogP contribution < -0.4 is 52.2 Å². The van der Waals surface area contributed by atoms with Crippen LogP contribution in [0.1, 0.15) is 87.1 Å². The normalized spacial score (nSPS) is 31.9. The molecule has 82 heavy (non-hydrogen) atoms. The van der Waals surface area contributed by atoms with Crippen molar-refractivity contribution in [3.63, 3.8) is 0 Å². The Morgan fingerprint density at radius 3 is 2.70 bits per heavy atom. The Kier molecular flexibility index (Phi) is 17.4. The number of fused-ring (bicyclic) bond motifs is 11. The van der Waals surface area contributed by atoms with Crippen molar-refractivity contribution in [3.05, 3.63) is 111 Å². The monoisotopic (exact) mass is 1170 g/mol. The smallest absolute Gasteiger partial charge is 0.242 e. The van der Waals surface area contributed by atoms with Crippen LogP contribution in [-0.4, -0.2) is 179 Å². The SMILES string of the molecule is C[C@H](O)CNNC1=CC(CCO[C@]23CSSC[C@@H]4C#C[C@](O)([C@@H]5COC[C@@H](CC[C@@H]4O)[C@@H](c4ccccc4N4CN[C@@H]6C(=O)N[C@@H](N)N[C@H]64)c4cc6c(c(OC[C@H](O)CC=O)c4O[C@H]2O5)C(=O)c2cc(CO)ccc2C6=O)[C@H]3O)=CCN1. The maximum atomic E-state index is 15.4. The molecule has 14 N–H and O–H groups in total. The molecule has 1 amide bonds. The van der Waals surface area contributed by atoms with E-state index in [0.29, 0.717) is 41.2 Å². The van der Waals surface area contributed by atoms with Gasteiger partial charge in [-0.15, -0.1) is 0 Å². The van der Waals surface area contributed by atoms with E-state index in [-0.39, 0.29) is 110 Å². The number of carbonyl (C=O) groups excluding carboxylic acids is 4. The van der Waals surface area contributed by atoms with Crippen molar-refractivity contribution in [2.45, 2.75) is 112 Å². The number of carbonyl (C=O) groups is 4. The van der Waals surface area contributed by atoms with Crippen LogP contribution in [0.2, 0.25) is 0 Å². The standard InChI is InChI=1S/C57H68N8O15S2/c1-29(68)21-61-64-43-19-30(11-15-59-43)13-17-78-57-27-82-81-26-33-10-14-56(75,53(57)74)42-25-76-23-32(7-9-41(33)70)44(36-4-2-3-5-40(36)65-28-60-46-51(65)62-55(58)63-52(46)73)39-20-38-45(48(72)37-18-31(22-67)6-8-35(37)47(38)71)50(49(39)80-54(57)79-42)77-24-34(69)12-16-66/h2-6,8,11,16,18-20,29,32-34,41-42,44,46,51,53-55,59-62,64,67-70,74-75H,7,9,12-13,15,17,21-28,58H2,1H3,(H,63,73)/t29-,32+,33-,34+,41-,42-,44-,46-,51-,53+,54+,55-,56-,57-/m0/s1. The second kappa shape index (κ2) is 24.5. The molecule has 6 bridgehead atoms. The molecule has 14 atom stereocenters. The first-order chi connectivity index (χ1) is 39.6. The summed E-state index contributed by atoms with van der Waals surface area (Å²) in [4.78, 5) is 58.1. The van der Waals surface area contributed by atoms with E-state index in [0.717, 1.165) is 5.57 Å². The third kappa shape index (κ3) is 11.2. The predicted octanol–water partition coefficient (Wildman–Crippen LogP) is -0.559. The number of aliphatic hydroxyl groups is 6. The third-order valence-corrected chi connectivity index (χ3v) is 18.8. The number of ketones is 2. The van der Waals surface area contributed by atoms with Crippen molar-refractivity contribution >= 4 is 51.0 Å². The van der Waals surface area contributed by atoms with Gasteiger partial charge < -0.3 is 80.1 Å². The molecule has 3 aromatic carbocycles. The van der Waals surface area contributed by atoms with Gasteiger partial charge in [-0.3, -0.25) is 30.8 Å². The molecule has 7 aliphatic heterocycles. The van der Waals surface area contributed by atoms with Gasteiger partial charge in [-0.25, -0.2) is 5.43 Å². The van der Waals surface area contributed by atoms with E-state index in [4.69, 9.17) is 29.4 Å². The molecule has 0 saturated carbocycles. The fraction of sp³-hybridized carbons (Fsp3) is 0.509. The number of para-hydroxylation sites is 1. The average molecular weight is 1170 g/mol. The number of rotatable bonds is 16. The van der Waals surface area contributed by atoms with Crippen molar-refractivity contribution < 1.29 is 73.5 Å². The van der Waals surface area contributed by atoms with Crippen LogP contribution in [0.3, 0.4) is 0 Å². The van der Waals surface area contributed by atoms with E-state index in [9.17, 15) is 40.2 Å². The van der Waals surface area contributed by atoms with Crippen LogP contribution in [0.4, 0.5) is 5.69 Å². The number of aliphatic hydroxyl groups excluding tert-OH is 5. The molecule has 0 unspecified atom stereocenters.